The molecule has 20 heavy (non-hydrogen) atoms. The molecule has 2 saturated heterocycles. The summed E-state index contributed by atoms with van der Waals surface area (Å²) in [5.74, 6) is 0. The molecule has 2 rings (SSSR count). The Hall–Kier alpha value is -0.200. The minimum absolute atomic E-state index is 0.0348. The average molecular weight is 286 g/mol. The highest BCUT2D eigenvalue weighted by Gasteiger charge is 2.28. The topological polar surface area (TPSA) is 34.2 Å². The molecule has 0 aliphatic carbocycles. The molecule has 0 bridgehead atoms. The van der Waals surface area contributed by atoms with E-state index >= 15 is 0 Å². The summed E-state index contributed by atoms with van der Waals surface area (Å²) >= 11 is 0. The second-order valence-corrected chi connectivity index (χ2v) is 5.52. The maximum atomic E-state index is 5.61. The van der Waals surface area contributed by atoms with Gasteiger partial charge in [-0.25, -0.2) is 0 Å². The van der Waals surface area contributed by atoms with Gasteiger partial charge >= 0.3 is 0 Å². The number of hydrogen-bond acceptors (Lipinski definition) is 5. The number of likely N-dealkylation sites (tertiary alicyclic amines) is 1. The van der Waals surface area contributed by atoms with Gasteiger partial charge in [0.05, 0.1) is 13.2 Å². The highest BCUT2D eigenvalue weighted by molar-refractivity contribution is 4.84. The molecule has 2 heterocycles. The molecule has 0 saturated carbocycles. The molecule has 5 heteroatoms. The first-order chi connectivity index (χ1) is 9.83. The minimum Gasteiger partial charge on any atom is -0.379 e. The van der Waals surface area contributed by atoms with Crippen LogP contribution in [-0.2, 0) is 14.2 Å². The first-order valence-electron chi connectivity index (χ1n) is 8.10. The molecule has 118 valence electrons. The Morgan fingerprint density at radius 1 is 1.10 bits per heavy atom. The number of morpholine rings is 1. The summed E-state index contributed by atoms with van der Waals surface area (Å²) in [5, 5.41) is 0. The lowest BCUT2D eigenvalue weighted by molar-refractivity contribution is -0.141. The van der Waals surface area contributed by atoms with E-state index in [0.29, 0.717) is 0 Å². The molecule has 0 aromatic rings. The Bertz CT molecular complexity index is 254. The molecule has 0 aromatic heterocycles. The molecule has 2 fully saturated rings. The van der Waals surface area contributed by atoms with E-state index in [1.807, 2.05) is 13.8 Å². The molecule has 0 radical (unpaired) electrons. The quantitative estimate of drug-likeness (QED) is 0.626. The minimum atomic E-state index is -0.0348. The molecular weight excluding hydrogens is 256 g/mol. The van der Waals surface area contributed by atoms with Gasteiger partial charge < -0.3 is 19.1 Å². The SMILES string of the molecule is CCOC(CCN1CCC(N2CCOCC2)C1)OCC. The monoisotopic (exact) mass is 286 g/mol. The van der Waals surface area contributed by atoms with Crippen molar-refractivity contribution in [3.63, 3.8) is 0 Å². The zero-order chi connectivity index (χ0) is 14.2. The Labute approximate surface area is 123 Å². The fourth-order valence-electron chi connectivity index (χ4n) is 3.13. The summed E-state index contributed by atoms with van der Waals surface area (Å²) in [5.41, 5.74) is 0. The van der Waals surface area contributed by atoms with Gasteiger partial charge in [0.2, 0.25) is 0 Å². The second-order valence-electron chi connectivity index (χ2n) is 5.52. The van der Waals surface area contributed by atoms with E-state index in [2.05, 4.69) is 9.80 Å². The highest BCUT2D eigenvalue weighted by atomic mass is 16.7. The van der Waals surface area contributed by atoms with E-state index in [9.17, 15) is 0 Å². The van der Waals surface area contributed by atoms with E-state index in [1.165, 1.54) is 19.5 Å². The van der Waals surface area contributed by atoms with Crippen molar-refractivity contribution in [1.82, 2.24) is 9.80 Å². The van der Waals surface area contributed by atoms with Gasteiger partial charge in [0.1, 0.15) is 0 Å². The molecule has 2 aliphatic rings. The van der Waals surface area contributed by atoms with Gasteiger partial charge in [0.25, 0.3) is 0 Å². The lowest BCUT2D eigenvalue weighted by Crippen LogP contribution is -2.44. The van der Waals surface area contributed by atoms with Crippen LogP contribution in [0, 0.1) is 0 Å². The van der Waals surface area contributed by atoms with Crippen LogP contribution in [0.25, 0.3) is 0 Å². The summed E-state index contributed by atoms with van der Waals surface area (Å²) < 4.78 is 16.6. The number of hydrogen-bond donors (Lipinski definition) is 0. The van der Waals surface area contributed by atoms with Crippen LogP contribution < -0.4 is 0 Å². The molecule has 1 atom stereocenters. The van der Waals surface area contributed by atoms with Crippen molar-refractivity contribution in [3.8, 4) is 0 Å². The highest BCUT2D eigenvalue weighted by Crippen LogP contribution is 2.17. The van der Waals surface area contributed by atoms with E-state index in [0.717, 1.165) is 58.5 Å². The van der Waals surface area contributed by atoms with E-state index < -0.39 is 0 Å². The van der Waals surface area contributed by atoms with Gasteiger partial charge in [-0.15, -0.1) is 0 Å². The van der Waals surface area contributed by atoms with Crippen LogP contribution in [0.2, 0.25) is 0 Å². The molecule has 0 aromatic carbocycles. The standard InChI is InChI=1S/C15H30N2O3/c1-3-19-15(20-4-2)6-8-16-7-5-14(13-16)17-9-11-18-12-10-17/h14-15H,3-13H2,1-2H3. The maximum Gasteiger partial charge on any atom is 0.158 e. The smallest absolute Gasteiger partial charge is 0.158 e. The fraction of sp³-hybridized carbons (Fsp3) is 1.00. The van der Waals surface area contributed by atoms with Crippen LogP contribution in [0.15, 0.2) is 0 Å². The summed E-state index contributed by atoms with van der Waals surface area (Å²) in [6.45, 7) is 12.9. The van der Waals surface area contributed by atoms with Gasteiger partial charge in [-0.1, -0.05) is 0 Å². The zero-order valence-electron chi connectivity index (χ0n) is 13.1. The van der Waals surface area contributed by atoms with E-state index in [4.69, 9.17) is 14.2 Å². The third kappa shape index (κ3) is 4.97. The Balaban J connectivity index is 1.67. The van der Waals surface area contributed by atoms with Crippen LogP contribution in [-0.4, -0.2) is 81.3 Å². The van der Waals surface area contributed by atoms with Crippen molar-refractivity contribution in [2.45, 2.75) is 39.0 Å². The van der Waals surface area contributed by atoms with Crippen molar-refractivity contribution in [2.75, 3.05) is 59.2 Å². The van der Waals surface area contributed by atoms with Crippen LogP contribution in [0.1, 0.15) is 26.7 Å². The largest absolute Gasteiger partial charge is 0.379 e. The van der Waals surface area contributed by atoms with Gasteiger partial charge in [-0.05, 0) is 26.8 Å². The van der Waals surface area contributed by atoms with Crippen LogP contribution in [0.4, 0.5) is 0 Å². The van der Waals surface area contributed by atoms with Gasteiger partial charge in [0.15, 0.2) is 6.29 Å². The molecule has 0 N–H and O–H groups in total. The van der Waals surface area contributed by atoms with Crippen molar-refractivity contribution >= 4 is 0 Å². The number of rotatable bonds is 8. The first kappa shape index (κ1) is 16.2. The lowest BCUT2D eigenvalue weighted by Gasteiger charge is -2.32. The fourth-order valence-corrected chi connectivity index (χ4v) is 3.13. The van der Waals surface area contributed by atoms with Crippen LogP contribution in [0.5, 0.6) is 0 Å². The second kappa shape index (κ2) is 8.95. The van der Waals surface area contributed by atoms with Crippen molar-refractivity contribution in [1.29, 1.82) is 0 Å². The summed E-state index contributed by atoms with van der Waals surface area (Å²) in [6, 6.07) is 0.719. The molecule has 1 unspecified atom stereocenters. The summed E-state index contributed by atoms with van der Waals surface area (Å²) in [6.07, 6.45) is 2.22. The average Bonchev–Trinajstić information content (AvgIpc) is 2.95. The third-order valence-corrected chi connectivity index (χ3v) is 4.20. The van der Waals surface area contributed by atoms with Crippen LogP contribution in [0.3, 0.4) is 0 Å². The predicted octanol–water partition coefficient (Wildman–Crippen LogP) is 1.18. The lowest BCUT2D eigenvalue weighted by atomic mass is 10.2. The van der Waals surface area contributed by atoms with Crippen molar-refractivity contribution in [3.05, 3.63) is 0 Å². The predicted molar refractivity (Wildman–Crippen MR) is 78.9 cm³/mol. The third-order valence-electron chi connectivity index (χ3n) is 4.20. The zero-order valence-corrected chi connectivity index (χ0v) is 13.1. The van der Waals surface area contributed by atoms with Gasteiger partial charge in [0, 0.05) is 51.9 Å². The number of ether oxygens (including phenoxy) is 3. The van der Waals surface area contributed by atoms with E-state index in [1.54, 1.807) is 0 Å². The molecule has 5 nitrogen and oxygen atoms in total. The van der Waals surface area contributed by atoms with Crippen molar-refractivity contribution < 1.29 is 14.2 Å². The molecule has 0 spiro atoms. The summed E-state index contributed by atoms with van der Waals surface area (Å²) in [7, 11) is 0. The van der Waals surface area contributed by atoms with Crippen molar-refractivity contribution in [2.24, 2.45) is 0 Å². The summed E-state index contributed by atoms with van der Waals surface area (Å²) in [4.78, 5) is 5.14. The normalized spacial score (nSPS) is 25.6. The van der Waals surface area contributed by atoms with Gasteiger partial charge in [-0.3, -0.25) is 4.90 Å². The van der Waals surface area contributed by atoms with E-state index in [-0.39, 0.29) is 6.29 Å². The van der Waals surface area contributed by atoms with Gasteiger partial charge in [-0.2, -0.15) is 0 Å². The Morgan fingerprint density at radius 3 is 2.45 bits per heavy atom. The molecular formula is C15H30N2O3. The molecule has 2 aliphatic heterocycles. The van der Waals surface area contributed by atoms with Crippen LogP contribution >= 0.6 is 0 Å². The maximum absolute atomic E-state index is 5.61. The number of nitrogens with zero attached hydrogens (tertiary/aromatic N) is 2. The Morgan fingerprint density at radius 2 is 1.80 bits per heavy atom. The molecule has 0 amide bonds. The first-order valence-corrected chi connectivity index (χ1v) is 8.10. The Kier molecular flexibility index (Phi) is 7.24.